The molecule has 2 aliphatic rings. The van der Waals surface area contributed by atoms with Gasteiger partial charge in [-0.2, -0.15) is 5.48 Å². The lowest BCUT2D eigenvalue weighted by molar-refractivity contribution is -0.0580. The van der Waals surface area contributed by atoms with Gasteiger partial charge < -0.3 is 5.11 Å². The van der Waals surface area contributed by atoms with E-state index in [0.29, 0.717) is 6.10 Å². The molecule has 0 amide bonds. The molecule has 3 heteroatoms. The molecule has 3 nitrogen and oxygen atoms in total. The van der Waals surface area contributed by atoms with E-state index in [1.165, 1.54) is 25.7 Å². The summed E-state index contributed by atoms with van der Waals surface area (Å²) in [5.74, 6) is 0. The van der Waals surface area contributed by atoms with Gasteiger partial charge in [0.05, 0.1) is 18.2 Å². The summed E-state index contributed by atoms with van der Waals surface area (Å²) in [6.45, 7) is 0. The first-order chi connectivity index (χ1) is 6.36. The summed E-state index contributed by atoms with van der Waals surface area (Å²) in [6.07, 6.45) is 8.23. The molecule has 2 fully saturated rings. The molecule has 0 heterocycles. The first-order valence-corrected chi connectivity index (χ1v) is 5.45. The largest absolute Gasteiger partial charge is 0.391 e. The second-order valence-corrected chi connectivity index (χ2v) is 4.25. The Hall–Kier alpha value is -0.120. The summed E-state index contributed by atoms with van der Waals surface area (Å²) < 4.78 is 0. The van der Waals surface area contributed by atoms with Gasteiger partial charge in [-0.15, -0.1) is 0 Å². The third kappa shape index (κ3) is 2.42. The Morgan fingerprint density at radius 3 is 2.38 bits per heavy atom. The van der Waals surface area contributed by atoms with Gasteiger partial charge in [-0.05, 0) is 32.1 Å². The van der Waals surface area contributed by atoms with E-state index in [-0.39, 0.29) is 12.1 Å². The third-order valence-corrected chi connectivity index (χ3v) is 3.17. The van der Waals surface area contributed by atoms with Crippen LogP contribution in [0.5, 0.6) is 0 Å². The summed E-state index contributed by atoms with van der Waals surface area (Å²) >= 11 is 0. The molecule has 0 saturated heterocycles. The number of hydrogen-bond donors (Lipinski definition) is 2. The monoisotopic (exact) mass is 185 g/mol. The lowest BCUT2D eigenvalue weighted by Gasteiger charge is -2.19. The average molecular weight is 185 g/mol. The van der Waals surface area contributed by atoms with Crippen LogP contribution in [-0.4, -0.2) is 23.4 Å². The molecule has 2 atom stereocenters. The quantitative estimate of drug-likeness (QED) is 0.652. The fourth-order valence-corrected chi connectivity index (χ4v) is 2.27. The van der Waals surface area contributed by atoms with Gasteiger partial charge in [0.25, 0.3) is 0 Å². The SMILES string of the molecule is OC1CCCC1NOC1CCCC1. The van der Waals surface area contributed by atoms with E-state index in [1.54, 1.807) is 0 Å². The first kappa shape index (κ1) is 9.44. The Kier molecular flexibility index (Phi) is 3.19. The van der Waals surface area contributed by atoms with Crippen LogP contribution >= 0.6 is 0 Å². The molecule has 2 saturated carbocycles. The van der Waals surface area contributed by atoms with Crippen molar-refractivity contribution in [2.24, 2.45) is 0 Å². The summed E-state index contributed by atoms with van der Waals surface area (Å²) in [4.78, 5) is 5.55. The predicted molar refractivity (Wildman–Crippen MR) is 50.1 cm³/mol. The van der Waals surface area contributed by atoms with Crippen LogP contribution in [0.3, 0.4) is 0 Å². The Labute approximate surface area is 79.4 Å². The molecule has 0 aromatic rings. The van der Waals surface area contributed by atoms with E-state index in [4.69, 9.17) is 4.84 Å². The molecule has 13 heavy (non-hydrogen) atoms. The van der Waals surface area contributed by atoms with E-state index in [2.05, 4.69) is 5.48 Å². The van der Waals surface area contributed by atoms with Crippen molar-refractivity contribution < 1.29 is 9.94 Å². The van der Waals surface area contributed by atoms with Gasteiger partial charge in [-0.25, -0.2) is 0 Å². The van der Waals surface area contributed by atoms with Crippen LogP contribution < -0.4 is 5.48 Å². The van der Waals surface area contributed by atoms with Crippen molar-refractivity contribution >= 4 is 0 Å². The second kappa shape index (κ2) is 4.40. The molecule has 0 aliphatic heterocycles. The van der Waals surface area contributed by atoms with E-state index < -0.39 is 0 Å². The minimum Gasteiger partial charge on any atom is -0.391 e. The zero-order chi connectivity index (χ0) is 9.10. The van der Waals surface area contributed by atoms with Crippen molar-refractivity contribution in [3.05, 3.63) is 0 Å². The normalized spacial score (nSPS) is 35.8. The maximum absolute atomic E-state index is 9.52. The topological polar surface area (TPSA) is 41.5 Å². The van der Waals surface area contributed by atoms with Crippen LogP contribution in [-0.2, 0) is 4.84 Å². The molecular weight excluding hydrogens is 166 g/mol. The molecule has 2 N–H and O–H groups in total. The number of hydrogen-bond acceptors (Lipinski definition) is 3. The molecule has 0 bridgehead atoms. The van der Waals surface area contributed by atoms with Crippen molar-refractivity contribution in [1.82, 2.24) is 5.48 Å². The Balaban J connectivity index is 1.66. The molecule has 2 aliphatic carbocycles. The summed E-state index contributed by atoms with van der Waals surface area (Å²) in [7, 11) is 0. The van der Waals surface area contributed by atoms with E-state index in [9.17, 15) is 5.11 Å². The van der Waals surface area contributed by atoms with E-state index >= 15 is 0 Å². The van der Waals surface area contributed by atoms with Gasteiger partial charge in [0, 0.05) is 0 Å². The maximum Gasteiger partial charge on any atom is 0.0790 e. The number of hydroxylamine groups is 1. The van der Waals surface area contributed by atoms with Crippen LogP contribution in [0.2, 0.25) is 0 Å². The van der Waals surface area contributed by atoms with Gasteiger partial charge in [-0.3, -0.25) is 4.84 Å². The Morgan fingerprint density at radius 2 is 1.77 bits per heavy atom. The summed E-state index contributed by atoms with van der Waals surface area (Å²) in [5, 5.41) is 9.52. The Morgan fingerprint density at radius 1 is 1.00 bits per heavy atom. The number of rotatable bonds is 3. The molecule has 76 valence electrons. The van der Waals surface area contributed by atoms with Crippen LogP contribution in [0.1, 0.15) is 44.9 Å². The highest BCUT2D eigenvalue weighted by Crippen LogP contribution is 2.22. The number of aliphatic hydroxyl groups excluding tert-OH is 1. The highest BCUT2D eigenvalue weighted by Gasteiger charge is 2.26. The zero-order valence-corrected chi connectivity index (χ0v) is 8.04. The average Bonchev–Trinajstić information content (AvgIpc) is 2.72. The minimum atomic E-state index is -0.193. The van der Waals surface area contributed by atoms with Crippen LogP contribution in [0.15, 0.2) is 0 Å². The number of nitrogens with one attached hydrogen (secondary N) is 1. The second-order valence-electron chi connectivity index (χ2n) is 4.25. The molecule has 2 rings (SSSR count). The highest BCUT2D eigenvalue weighted by atomic mass is 16.7. The summed E-state index contributed by atoms with van der Waals surface area (Å²) in [5.41, 5.74) is 3.02. The van der Waals surface area contributed by atoms with Crippen LogP contribution in [0, 0.1) is 0 Å². The van der Waals surface area contributed by atoms with Crippen molar-refractivity contribution in [3.8, 4) is 0 Å². The van der Waals surface area contributed by atoms with E-state index in [1.807, 2.05) is 0 Å². The highest BCUT2D eigenvalue weighted by molar-refractivity contribution is 4.80. The van der Waals surface area contributed by atoms with Crippen LogP contribution in [0.4, 0.5) is 0 Å². The fraction of sp³-hybridized carbons (Fsp3) is 1.00. The van der Waals surface area contributed by atoms with Gasteiger partial charge in [-0.1, -0.05) is 12.8 Å². The fourth-order valence-electron chi connectivity index (χ4n) is 2.27. The molecule has 0 spiro atoms. The number of aliphatic hydroxyl groups is 1. The van der Waals surface area contributed by atoms with Gasteiger partial charge >= 0.3 is 0 Å². The predicted octanol–water partition coefficient (Wildman–Crippen LogP) is 1.36. The third-order valence-electron chi connectivity index (χ3n) is 3.17. The van der Waals surface area contributed by atoms with Crippen molar-refractivity contribution in [2.45, 2.75) is 63.2 Å². The van der Waals surface area contributed by atoms with Gasteiger partial charge in [0.2, 0.25) is 0 Å². The molecular formula is C10H19NO2. The van der Waals surface area contributed by atoms with E-state index in [0.717, 1.165) is 19.3 Å². The molecule has 0 radical (unpaired) electrons. The minimum absolute atomic E-state index is 0.181. The van der Waals surface area contributed by atoms with Crippen molar-refractivity contribution in [3.63, 3.8) is 0 Å². The molecule has 2 unspecified atom stereocenters. The lowest BCUT2D eigenvalue weighted by Crippen LogP contribution is -2.37. The zero-order valence-electron chi connectivity index (χ0n) is 8.04. The Bertz CT molecular complexity index is 157. The maximum atomic E-state index is 9.52. The molecule has 0 aromatic carbocycles. The van der Waals surface area contributed by atoms with Crippen molar-refractivity contribution in [2.75, 3.05) is 0 Å². The van der Waals surface area contributed by atoms with Crippen LogP contribution in [0.25, 0.3) is 0 Å². The standard InChI is InChI=1S/C10H19NO2/c12-10-7-3-6-9(10)11-13-8-4-1-2-5-8/h8-12H,1-7H2. The lowest BCUT2D eigenvalue weighted by atomic mass is 10.2. The molecule has 0 aromatic heterocycles. The smallest absolute Gasteiger partial charge is 0.0790 e. The van der Waals surface area contributed by atoms with Crippen molar-refractivity contribution in [1.29, 1.82) is 0 Å². The first-order valence-electron chi connectivity index (χ1n) is 5.45. The van der Waals surface area contributed by atoms with Gasteiger partial charge in [0.1, 0.15) is 0 Å². The van der Waals surface area contributed by atoms with Gasteiger partial charge in [0.15, 0.2) is 0 Å². The summed E-state index contributed by atoms with van der Waals surface area (Å²) in [6, 6.07) is 0.181.